The van der Waals surface area contributed by atoms with E-state index in [4.69, 9.17) is 11.6 Å². The third-order valence-electron chi connectivity index (χ3n) is 4.63. The lowest BCUT2D eigenvalue weighted by Crippen LogP contribution is -2.25. The molecular formula is C21H26ClNO5S. The molecular weight excluding hydrogens is 414 g/mol. The van der Waals surface area contributed by atoms with E-state index in [1.807, 2.05) is 13.0 Å². The van der Waals surface area contributed by atoms with Crippen molar-refractivity contribution >= 4 is 27.4 Å². The fourth-order valence-electron chi connectivity index (χ4n) is 2.83. The Kier molecular flexibility index (Phi) is 8.64. The van der Waals surface area contributed by atoms with E-state index in [1.54, 1.807) is 42.5 Å². The molecule has 2 N–H and O–H groups in total. The first-order valence-electron chi connectivity index (χ1n) is 9.26. The number of aliphatic hydroxyl groups excluding tert-OH is 1. The number of carbonyl (C=O) groups excluding carboxylic acids is 1. The molecule has 2 unspecified atom stereocenters. The molecule has 8 heteroatoms. The van der Waals surface area contributed by atoms with Crippen LogP contribution in [-0.4, -0.2) is 45.4 Å². The zero-order chi connectivity index (χ0) is 21.4. The van der Waals surface area contributed by atoms with Crippen molar-refractivity contribution < 1.29 is 23.1 Å². The van der Waals surface area contributed by atoms with Crippen LogP contribution in [-0.2, 0) is 19.4 Å². The summed E-state index contributed by atoms with van der Waals surface area (Å²) in [7, 11) is -2.30. The Balaban J connectivity index is 1.88. The summed E-state index contributed by atoms with van der Waals surface area (Å²) in [5.41, 5.74) is 1.72. The van der Waals surface area contributed by atoms with E-state index in [2.05, 4.69) is 10.1 Å². The van der Waals surface area contributed by atoms with E-state index >= 15 is 0 Å². The van der Waals surface area contributed by atoms with E-state index in [-0.39, 0.29) is 23.0 Å². The molecule has 0 saturated heterocycles. The number of nitrogens with one attached hydrogen (secondary N) is 1. The van der Waals surface area contributed by atoms with Gasteiger partial charge in [-0.1, -0.05) is 42.8 Å². The number of rotatable bonds is 10. The van der Waals surface area contributed by atoms with Gasteiger partial charge in [0, 0.05) is 18.1 Å². The summed E-state index contributed by atoms with van der Waals surface area (Å²) >= 11 is 5.94. The maximum Gasteiger partial charge on any atom is 0.306 e. The summed E-state index contributed by atoms with van der Waals surface area (Å²) < 4.78 is 29.0. The molecule has 0 spiro atoms. The lowest BCUT2D eigenvalue weighted by molar-refractivity contribution is -0.140. The first-order chi connectivity index (χ1) is 13.7. The number of hydrogen-bond acceptors (Lipinski definition) is 6. The van der Waals surface area contributed by atoms with Gasteiger partial charge in [-0.05, 0) is 41.3 Å². The van der Waals surface area contributed by atoms with Gasteiger partial charge >= 0.3 is 5.97 Å². The molecule has 2 aromatic rings. The summed E-state index contributed by atoms with van der Waals surface area (Å²) in [5.74, 6) is -0.712. The molecule has 2 aromatic carbocycles. The molecule has 6 nitrogen and oxygen atoms in total. The summed E-state index contributed by atoms with van der Waals surface area (Å²) in [4.78, 5) is 11.4. The number of sulfone groups is 1. The second-order valence-electron chi connectivity index (χ2n) is 6.84. The second kappa shape index (κ2) is 10.7. The quantitative estimate of drug-likeness (QED) is 0.552. The third kappa shape index (κ3) is 7.12. The number of benzene rings is 2. The topological polar surface area (TPSA) is 92.7 Å². The van der Waals surface area contributed by atoms with Crippen molar-refractivity contribution in [2.45, 2.75) is 30.3 Å². The van der Waals surface area contributed by atoms with Crippen LogP contribution in [0.25, 0.3) is 0 Å². The normalized spacial score (nSPS) is 13.7. The number of aliphatic hydroxyl groups is 1. The SMILES string of the molecule is COC(=O)CCS(=O)(=O)c1ccc(C(C)CNCC(O)c2cccc(Cl)c2)cc1. The molecule has 2 atom stereocenters. The fourth-order valence-corrected chi connectivity index (χ4v) is 4.25. The zero-order valence-corrected chi connectivity index (χ0v) is 18.0. The molecule has 0 bridgehead atoms. The highest BCUT2D eigenvalue weighted by molar-refractivity contribution is 7.91. The van der Waals surface area contributed by atoms with Crippen molar-refractivity contribution in [1.29, 1.82) is 0 Å². The molecule has 0 aliphatic rings. The Morgan fingerprint density at radius 2 is 1.83 bits per heavy atom. The Hall–Kier alpha value is -1.93. The van der Waals surface area contributed by atoms with E-state index in [0.29, 0.717) is 18.1 Å². The molecule has 0 amide bonds. The van der Waals surface area contributed by atoms with Gasteiger partial charge in [0.25, 0.3) is 0 Å². The van der Waals surface area contributed by atoms with Crippen molar-refractivity contribution in [3.63, 3.8) is 0 Å². The minimum absolute atomic E-state index is 0.119. The number of hydrogen-bond donors (Lipinski definition) is 2. The van der Waals surface area contributed by atoms with Crippen LogP contribution < -0.4 is 5.32 Å². The molecule has 0 fully saturated rings. The van der Waals surface area contributed by atoms with Crippen molar-refractivity contribution in [3.05, 3.63) is 64.7 Å². The second-order valence-corrected chi connectivity index (χ2v) is 9.39. The number of carbonyl (C=O) groups is 1. The minimum atomic E-state index is -3.53. The molecule has 0 aliphatic heterocycles. The summed E-state index contributed by atoms with van der Waals surface area (Å²) in [6, 6.07) is 13.8. The maximum absolute atomic E-state index is 12.3. The van der Waals surface area contributed by atoms with Crippen LogP contribution in [0.4, 0.5) is 0 Å². The molecule has 0 radical (unpaired) electrons. The van der Waals surface area contributed by atoms with Gasteiger partial charge < -0.3 is 15.2 Å². The van der Waals surface area contributed by atoms with E-state index in [1.165, 1.54) is 7.11 Å². The fraction of sp³-hybridized carbons (Fsp3) is 0.381. The number of methoxy groups -OCH3 is 1. The van der Waals surface area contributed by atoms with E-state index < -0.39 is 21.9 Å². The highest BCUT2D eigenvalue weighted by Gasteiger charge is 2.17. The van der Waals surface area contributed by atoms with Crippen LogP contribution in [0.15, 0.2) is 53.4 Å². The molecule has 29 heavy (non-hydrogen) atoms. The molecule has 2 rings (SSSR count). The Morgan fingerprint density at radius 3 is 2.45 bits per heavy atom. The largest absolute Gasteiger partial charge is 0.469 e. The average Bonchev–Trinajstić information content (AvgIpc) is 2.72. The number of esters is 1. The molecule has 158 valence electrons. The zero-order valence-electron chi connectivity index (χ0n) is 16.5. The first-order valence-corrected chi connectivity index (χ1v) is 11.3. The number of halogens is 1. The van der Waals surface area contributed by atoms with Crippen molar-refractivity contribution in [1.82, 2.24) is 5.32 Å². The van der Waals surface area contributed by atoms with Gasteiger partial charge in [0.15, 0.2) is 9.84 Å². The van der Waals surface area contributed by atoms with Crippen LogP contribution in [0.2, 0.25) is 5.02 Å². The average molecular weight is 440 g/mol. The lowest BCUT2D eigenvalue weighted by atomic mass is 10.0. The van der Waals surface area contributed by atoms with Crippen LogP contribution in [0.5, 0.6) is 0 Å². The number of ether oxygens (including phenoxy) is 1. The Morgan fingerprint density at radius 1 is 1.14 bits per heavy atom. The van der Waals surface area contributed by atoms with Gasteiger partial charge in [0.05, 0.1) is 30.3 Å². The summed E-state index contributed by atoms with van der Waals surface area (Å²) in [6.07, 6.45) is -0.834. The van der Waals surface area contributed by atoms with Crippen LogP contribution in [0.3, 0.4) is 0 Å². The standard InChI is InChI=1S/C21H26ClNO5S/c1-15(13-23-14-20(24)17-4-3-5-18(22)12-17)16-6-8-19(9-7-16)29(26,27)11-10-21(25)28-2/h3-9,12,15,20,23-24H,10-11,13-14H2,1-2H3. The Labute approximate surface area is 176 Å². The monoisotopic (exact) mass is 439 g/mol. The molecule has 0 heterocycles. The van der Waals surface area contributed by atoms with E-state index in [9.17, 15) is 18.3 Å². The summed E-state index contributed by atoms with van der Waals surface area (Å²) in [6.45, 7) is 3.01. The minimum Gasteiger partial charge on any atom is -0.469 e. The highest BCUT2D eigenvalue weighted by Crippen LogP contribution is 2.20. The van der Waals surface area contributed by atoms with Crippen molar-refractivity contribution in [2.75, 3.05) is 26.0 Å². The molecule has 0 aliphatic carbocycles. The predicted molar refractivity (Wildman–Crippen MR) is 113 cm³/mol. The first kappa shape index (κ1) is 23.3. The van der Waals surface area contributed by atoms with Gasteiger partial charge in [-0.2, -0.15) is 0 Å². The van der Waals surface area contributed by atoms with Gasteiger partial charge in [0.2, 0.25) is 0 Å². The molecule has 0 aromatic heterocycles. The highest BCUT2D eigenvalue weighted by atomic mass is 35.5. The van der Waals surface area contributed by atoms with Gasteiger partial charge in [-0.25, -0.2) is 8.42 Å². The lowest BCUT2D eigenvalue weighted by Gasteiger charge is -2.16. The van der Waals surface area contributed by atoms with Crippen LogP contribution in [0, 0.1) is 0 Å². The van der Waals surface area contributed by atoms with Gasteiger partial charge in [-0.15, -0.1) is 0 Å². The van der Waals surface area contributed by atoms with Crippen molar-refractivity contribution in [3.8, 4) is 0 Å². The Bertz CT molecular complexity index is 915. The summed E-state index contributed by atoms with van der Waals surface area (Å²) in [5, 5.41) is 14.0. The van der Waals surface area contributed by atoms with Crippen LogP contribution >= 0.6 is 11.6 Å². The van der Waals surface area contributed by atoms with Crippen LogP contribution in [0.1, 0.15) is 36.5 Å². The maximum atomic E-state index is 12.3. The van der Waals surface area contributed by atoms with Gasteiger partial charge in [-0.3, -0.25) is 4.79 Å². The predicted octanol–water partition coefficient (Wildman–Crippen LogP) is 3.10. The third-order valence-corrected chi connectivity index (χ3v) is 6.60. The molecule has 0 saturated carbocycles. The smallest absolute Gasteiger partial charge is 0.306 e. The van der Waals surface area contributed by atoms with Gasteiger partial charge in [0.1, 0.15) is 0 Å². The van der Waals surface area contributed by atoms with Crippen molar-refractivity contribution in [2.24, 2.45) is 0 Å². The van der Waals surface area contributed by atoms with E-state index in [0.717, 1.165) is 11.1 Å².